The maximum absolute atomic E-state index is 12.8. The zero-order valence-corrected chi connectivity index (χ0v) is 14.9. The topological polar surface area (TPSA) is 63.9 Å². The number of carbonyl (C=O) groups is 1. The first-order chi connectivity index (χ1) is 12.1. The fraction of sp³-hybridized carbons (Fsp3) is 0.421. The molecule has 1 fully saturated rings. The summed E-state index contributed by atoms with van der Waals surface area (Å²) in [6.07, 6.45) is 1.84. The minimum atomic E-state index is -0.144. The maximum atomic E-state index is 12.8. The van der Waals surface area contributed by atoms with Gasteiger partial charge in [-0.3, -0.25) is 0 Å². The van der Waals surface area contributed by atoms with Gasteiger partial charge in [0.05, 0.1) is 18.8 Å². The van der Waals surface area contributed by atoms with Crippen molar-refractivity contribution in [3.63, 3.8) is 0 Å². The van der Waals surface area contributed by atoms with Crippen molar-refractivity contribution in [2.24, 2.45) is 0 Å². The standard InChI is InChI=1S/C19H24N2O4/c1-13-6-8-15(18(11-13)24-3)20-19(22)21-10-4-5-16(21)17-9-7-14(25-17)12-23-2/h6-9,11,16H,4-5,10,12H2,1-3H3,(H,20,22)/t16-/m1/s1. The van der Waals surface area contributed by atoms with Gasteiger partial charge in [-0.1, -0.05) is 6.07 Å². The lowest BCUT2D eigenvalue weighted by molar-refractivity contribution is 0.157. The number of aryl methyl sites for hydroxylation is 1. The second-order valence-electron chi connectivity index (χ2n) is 6.22. The molecule has 2 amide bonds. The van der Waals surface area contributed by atoms with Gasteiger partial charge in [0, 0.05) is 13.7 Å². The normalized spacial score (nSPS) is 16.9. The SMILES string of the molecule is COCc1ccc([C@H]2CCCN2C(=O)Nc2ccc(C)cc2OC)o1. The Morgan fingerprint density at radius 1 is 1.32 bits per heavy atom. The molecule has 6 nitrogen and oxygen atoms in total. The number of hydrogen-bond acceptors (Lipinski definition) is 4. The van der Waals surface area contributed by atoms with Crippen molar-refractivity contribution in [3.05, 3.63) is 47.4 Å². The van der Waals surface area contributed by atoms with Crippen LogP contribution in [0.2, 0.25) is 0 Å². The fourth-order valence-electron chi connectivity index (χ4n) is 3.19. The predicted octanol–water partition coefficient (Wildman–Crippen LogP) is 4.11. The fourth-order valence-corrected chi connectivity index (χ4v) is 3.19. The number of nitrogens with one attached hydrogen (secondary N) is 1. The van der Waals surface area contributed by atoms with Crippen molar-refractivity contribution < 1.29 is 18.7 Å². The molecule has 1 aromatic carbocycles. The van der Waals surface area contributed by atoms with E-state index >= 15 is 0 Å². The number of rotatable bonds is 5. The van der Waals surface area contributed by atoms with E-state index < -0.39 is 0 Å². The first-order valence-corrected chi connectivity index (χ1v) is 8.42. The van der Waals surface area contributed by atoms with E-state index in [1.807, 2.05) is 42.2 Å². The number of urea groups is 1. The molecule has 0 radical (unpaired) electrons. The molecule has 1 saturated heterocycles. The Balaban J connectivity index is 1.74. The molecule has 2 aromatic rings. The molecule has 1 aliphatic rings. The molecule has 0 spiro atoms. The van der Waals surface area contributed by atoms with Gasteiger partial charge in [-0.05, 0) is 49.6 Å². The average molecular weight is 344 g/mol. The summed E-state index contributed by atoms with van der Waals surface area (Å²) in [5.41, 5.74) is 1.75. The zero-order valence-electron chi connectivity index (χ0n) is 14.9. The summed E-state index contributed by atoms with van der Waals surface area (Å²) < 4.78 is 16.3. The Labute approximate surface area is 147 Å². The van der Waals surface area contributed by atoms with Crippen LogP contribution in [-0.4, -0.2) is 31.7 Å². The van der Waals surface area contributed by atoms with Gasteiger partial charge in [0.15, 0.2) is 0 Å². The van der Waals surface area contributed by atoms with Crippen molar-refractivity contribution in [2.45, 2.75) is 32.4 Å². The largest absolute Gasteiger partial charge is 0.495 e. The van der Waals surface area contributed by atoms with Crippen LogP contribution in [0.1, 0.15) is 36.0 Å². The lowest BCUT2D eigenvalue weighted by Gasteiger charge is -2.24. The quantitative estimate of drug-likeness (QED) is 0.886. The summed E-state index contributed by atoms with van der Waals surface area (Å²) in [5, 5.41) is 2.96. The Hall–Kier alpha value is -2.47. The zero-order chi connectivity index (χ0) is 17.8. The molecular weight excluding hydrogens is 320 g/mol. The molecule has 6 heteroatoms. The molecule has 2 heterocycles. The van der Waals surface area contributed by atoms with Crippen LogP contribution in [0.15, 0.2) is 34.7 Å². The summed E-state index contributed by atoms with van der Waals surface area (Å²) in [7, 11) is 3.23. The predicted molar refractivity (Wildman–Crippen MR) is 94.9 cm³/mol. The molecule has 1 N–H and O–H groups in total. The third-order valence-corrected chi connectivity index (χ3v) is 4.41. The van der Waals surface area contributed by atoms with Crippen LogP contribution >= 0.6 is 0 Å². The first-order valence-electron chi connectivity index (χ1n) is 8.42. The van der Waals surface area contributed by atoms with Gasteiger partial charge < -0.3 is 24.1 Å². The van der Waals surface area contributed by atoms with Gasteiger partial charge in [-0.2, -0.15) is 0 Å². The monoisotopic (exact) mass is 344 g/mol. The summed E-state index contributed by atoms with van der Waals surface area (Å²) in [6.45, 7) is 3.11. The van der Waals surface area contributed by atoms with E-state index in [0.717, 1.165) is 29.9 Å². The summed E-state index contributed by atoms with van der Waals surface area (Å²) in [5.74, 6) is 2.23. The van der Waals surface area contributed by atoms with E-state index in [-0.39, 0.29) is 12.1 Å². The molecule has 0 unspecified atom stereocenters. The number of carbonyl (C=O) groups excluding carboxylic acids is 1. The third kappa shape index (κ3) is 3.79. The van der Waals surface area contributed by atoms with E-state index in [9.17, 15) is 4.79 Å². The number of methoxy groups -OCH3 is 2. The lowest BCUT2D eigenvalue weighted by Crippen LogP contribution is -2.34. The molecule has 3 rings (SSSR count). The molecule has 134 valence electrons. The van der Waals surface area contributed by atoms with E-state index in [2.05, 4.69) is 5.32 Å². The van der Waals surface area contributed by atoms with Crippen LogP contribution in [0.25, 0.3) is 0 Å². The van der Waals surface area contributed by atoms with Gasteiger partial charge in [-0.25, -0.2) is 4.79 Å². The maximum Gasteiger partial charge on any atom is 0.322 e. The van der Waals surface area contributed by atoms with Crippen LogP contribution in [-0.2, 0) is 11.3 Å². The smallest absolute Gasteiger partial charge is 0.322 e. The molecule has 1 aromatic heterocycles. The van der Waals surface area contributed by atoms with Gasteiger partial charge in [-0.15, -0.1) is 0 Å². The Bertz CT molecular complexity index is 741. The molecule has 1 atom stereocenters. The Morgan fingerprint density at radius 3 is 2.92 bits per heavy atom. The summed E-state index contributed by atoms with van der Waals surface area (Å²) >= 11 is 0. The minimum absolute atomic E-state index is 0.0537. The van der Waals surface area contributed by atoms with Crippen molar-refractivity contribution in [2.75, 3.05) is 26.1 Å². The Morgan fingerprint density at radius 2 is 2.16 bits per heavy atom. The van der Waals surface area contributed by atoms with E-state index in [4.69, 9.17) is 13.9 Å². The van der Waals surface area contributed by atoms with Crippen LogP contribution in [0.4, 0.5) is 10.5 Å². The second-order valence-corrected chi connectivity index (χ2v) is 6.22. The number of likely N-dealkylation sites (tertiary alicyclic amines) is 1. The van der Waals surface area contributed by atoms with E-state index in [1.54, 1.807) is 14.2 Å². The number of anilines is 1. The van der Waals surface area contributed by atoms with Crippen LogP contribution in [0.5, 0.6) is 5.75 Å². The summed E-state index contributed by atoms with van der Waals surface area (Å²) in [6, 6.07) is 9.34. The molecular formula is C19H24N2O4. The van der Waals surface area contributed by atoms with Gasteiger partial charge in [0.2, 0.25) is 0 Å². The number of hydrogen-bond donors (Lipinski definition) is 1. The van der Waals surface area contributed by atoms with Gasteiger partial charge in [0.25, 0.3) is 0 Å². The molecule has 0 saturated carbocycles. The van der Waals surface area contributed by atoms with Crippen molar-refractivity contribution in [1.29, 1.82) is 0 Å². The third-order valence-electron chi connectivity index (χ3n) is 4.41. The number of nitrogens with zero attached hydrogens (tertiary/aromatic N) is 1. The van der Waals surface area contributed by atoms with Crippen LogP contribution in [0, 0.1) is 6.92 Å². The second kappa shape index (κ2) is 7.61. The highest BCUT2D eigenvalue weighted by Crippen LogP contribution is 2.34. The first kappa shape index (κ1) is 17.4. The molecule has 1 aliphatic heterocycles. The van der Waals surface area contributed by atoms with Crippen LogP contribution in [0.3, 0.4) is 0 Å². The Kier molecular flexibility index (Phi) is 5.28. The highest BCUT2D eigenvalue weighted by Gasteiger charge is 2.32. The van der Waals surface area contributed by atoms with E-state index in [1.165, 1.54) is 0 Å². The number of benzene rings is 1. The molecule has 25 heavy (non-hydrogen) atoms. The van der Waals surface area contributed by atoms with Gasteiger partial charge in [0.1, 0.15) is 23.9 Å². The highest BCUT2D eigenvalue weighted by molar-refractivity contribution is 5.91. The molecule has 0 bridgehead atoms. The number of ether oxygens (including phenoxy) is 2. The van der Waals surface area contributed by atoms with Gasteiger partial charge >= 0.3 is 6.03 Å². The van der Waals surface area contributed by atoms with Crippen molar-refractivity contribution >= 4 is 11.7 Å². The average Bonchev–Trinajstić information content (AvgIpc) is 3.25. The minimum Gasteiger partial charge on any atom is -0.495 e. The van der Waals surface area contributed by atoms with Crippen LogP contribution < -0.4 is 10.1 Å². The van der Waals surface area contributed by atoms with Crippen molar-refractivity contribution in [3.8, 4) is 5.75 Å². The lowest BCUT2D eigenvalue weighted by atomic mass is 10.2. The summed E-state index contributed by atoms with van der Waals surface area (Å²) in [4.78, 5) is 14.6. The van der Waals surface area contributed by atoms with E-state index in [0.29, 0.717) is 24.6 Å². The number of amides is 2. The molecule has 0 aliphatic carbocycles. The number of furan rings is 1. The highest BCUT2D eigenvalue weighted by atomic mass is 16.5. The van der Waals surface area contributed by atoms with Crippen molar-refractivity contribution in [1.82, 2.24) is 4.90 Å².